The van der Waals surface area contributed by atoms with Crippen LogP contribution in [0.5, 0.6) is 0 Å². The van der Waals surface area contributed by atoms with Gasteiger partial charge >= 0.3 is 0 Å². The van der Waals surface area contributed by atoms with Crippen molar-refractivity contribution in [1.29, 1.82) is 0 Å². The summed E-state index contributed by atoms with van der Waals surface area (Å²) in [5.41, 5.74) is 6.44. The first-order valence-corrected chi connectivity index (χ1v) is 6.14. The summed E-state index contributed by atoms with van der Waals surface area (Å²) in [5, 5.41) is 0. The zero-order chi connectivity index (χ0) is 14.9. The van der Waals surface area contributed by atoms with E-state index >= 15 is 0 Å². The van der Waals surface area contributed by atoms with Gasteiger partial charge in [0.25, 0.3) is 5.56 Å². The number of aryl methyl sites for hydroxylation is 2. The van der Waals surface area contributed by atoms with E-state index in [0.29, 0.717) is 11.5 Å². The summed E-state index contributed by atoms with van der Waals surface area (Å²) < 4.78 is 27.9. The highest BCUT2D eigenvalue weighted by molar-refractivity contribution is 5.22. The summed E-state index contributed by atoms with van der Waals surface area (Å²) >= 11 is 0. The molecule has 0 saturated carbocycles. The number of hydrogen-bond donors (Lipinski definition) is 1. The molecule has 0 radical (unpaired) electrons. The highest BCUT2D eigenvalue weighted by Gasteiger charge is 2.15. The average molecular weight is 279 g/mol. The highest BCUT2D eigenvalue weighted by Crippen LogP contribution is 2.17. The molecule has 0 saturated heterocycles. The molecule has 2 aromatic rings. The second-order valence-electron chi connectivity index (χ2n) is 4.67. The topological polar surface area (TPSA) is 60.9 Å². The number of aromatic nitrogens is 2. The summed E-state index contributed by atoms with van der Waals surface area (Å²) in [7, 11) is 0. The molecule has 20 heavy (non-hydrogen) atoms. The molecule has 6 heteroatoms. The van der Waals surface area contributed by atoms with Gasteiger partial charge in [0, 0.05) is 29.9 Å². The SMILES string of the molecule is Cc1cc(=O)n(CC(N)c2ccc(F)cc2F)c(C)n1. The van der Waals surface area contributed by atoms with Gasteiger partial charge in [-0.15, -0.1) is 0 Å². The van der Waals surface area contributed by atoms with Crippen LogP contribution >= 0.6 is 0 Å². The van der Waals surface area contributed by atoms with Crippen LogP contribution in [0.15, 0.2) is 29.1 Å². The van der Waals surface area contributed by atoms with Crippen molar-refractivity contribution in [1.82, 2.24) is 9.55 Å². The molecule has 1 atom stereocenters. The molecule has 4 nitrogen and oxygen atoms in total. The Kier molecular flexibility index (Phi) is 3.94. The Morgan fingerprint density at radius 2 is 2.00 bits per heavy atom. The van der Waals surface area contributed by atoms with Crippen molar-refractivity contribution in [2.24, 2.45) is 5.73 Å². The van der Waals surface area contributed by atoms with Gasteiger partial charge in [0.15, 0.2) is 0 Å². The minimum atomic E-state index is -0.753. The van der Waals surface area contributed by atoms with Crippen LogP contribution in [-0.2, 0) is 6.54 Å². The minimum absolute atomic E-state index is 0.0838. The van der Waals surface area contributed by atoms with Gasteiger partial charge in [-0.25, -0.2) is 13.8 Å². The molecule has 0 aliphatic heterocycles. The van der Waals surface area contributed by atoms with E-state index in [1.54, 1.807) is 13.8 Å². The first kappa shape index (κ1) is 14.3. The van der Waals surface area contributed by atoms with Gasteiger partial charge in [-0.2, -0.15) is 0 Å². The fourth-order valence-electron chi connectivity index (χ4n) is 2.08. The van der Waals surface area contributed by atoms with Crippen LogP contribution in [0, 0.1) is 25.5 Å². The molecule has 0 aliphatic carbocycles. The molecule has 106 valence electrons. The molecule has 2 N–H and O–H groups in total. The molecular weight excluding hydrogens is 264 g/mol. The molecule has 0 fully saturated rings. The van der Waals surface area contributed by atoms with E-state index in [9.17, 15) is 13.6 Å². The minimum Gasteiger partial charge on any atom is -0.322 e. The van der Waals surface area contributed by atoms with E-state index < -0.39 is 17.7 Å². The lowest BCUT2D eigenvalue weighted by Crippen LogP contribution is -2.29. The first-order valence-electron chi connectivity index (χ1n) is 6.14. The van der Waals surface area contributed by atoms with E-state index in [1.165, 1.54) is 16.7 Å². The third-order valence-corrected chi connectivity index (χ3v) is 3.07. The molecule has 1 aromatic carbocycles. The van der Waals surface area contributed by atoms with Crippen LogP contribution in [-0.4, -0.2) is 9.55 Å². The number of halogens is 2. The van der Waals surface area contributed by atoms with Crippen LogP contribution in [0.25, 0.3) is 0 Å². The Morgan fingerprint density at radius 3 is 2.60 bits per heavy atom. The summed E-state index contributed by atoms with van der Waals surface area (Å²) in [6.45, 7) is 3.49. The van der Waals surface area contributed by atoms with Gasteiger partial charge in [-0.05, 0) is 19.9 Å². The zero-order valence-electron chi connectivity index (χ0n) is 11.2. The molecule has 0 bridgehead atoms. The first-order chi connectivity index (χ1) is 9.38. The van der Waals surface area contributed by atoms with E-state index in [0.717, 1.165) is 12.1 Å². The van der Waals surface area contributed by atoms with Gasteiger partial charge in [0.05, 0.1) is 6.04 Å². The number of hydrogen-bond acceptors (Lipinski definition) is 3. The molecule has 2 rings (SSSR count). The van der Waals surface area contributed by atoms with Crippen molar-refractivity contribution in [3.8, 4) is 0 Å². The quantitative estimate of drug-likeness (QED) is 0.932. The lowest BCUT2D eigenvalue weighted by atomic mass is 10.1. The number of rotatable bonds is 3. The Hall–Kier alpha value is -2.08. The van der Waals surface area contributed by atoms with E-state index in [1.807, 2.05) is 0 Å². The zero-order valence-corrected chi connectivity index (χ0v) is 11.2. The lowest BCUT2D eigenvalue weighted by molar-refractivity contribution is 0.503. The fourth-order valence-corrected chi connectivity index (χ4v) is 2.08. The molecule has 1 aromatic heterocycles. The van der Waals surface area contributed by atoms with Gasteiger partial charge in [-0.1, -0.05) is 6.07 Å². The maximum Gasteiger partial charge on any atom is 0.253 e. The van der Waals surface area contributed by atoms with Crippen LogP contribution in [0.3, 0.4) is 0 Å². The van der Waals surface area contributed by atoms with Crippen molar-refractivity contribution in [2.45, 2.75) is 26.4 Å². The van der Waals surface area contributed by atoms with E-state index in [4.69, 9.17) is 5.73 Å². The predicted molar refractivity (Wildman–Crippen MR) is 71.3 cm³/mol. The van der Waals surface area contributed by atoms with Crippen molar-refractivity contribution >= 4 is 0 Å². The molecule has 0 spiro atoms. The molecule has 1 heterocycles. The average Bonchev–Trinajstić information content (AvgIpc) is 2.33. The van der Waals surface area contributed by atoms with Crippen molar-refractivity contribution in [2.75, 3.05) is 0 Å². The van der Waals surface area contributed by atoms with Gasteiger partial charge in [0.2, 0.25) is 0 Å². The van der Waals surface area contributed by atoms with Crippen LogP contribution < -0.4 is 11.3 Å². The van der Waals surface area contributed by atoms with E-state index in [-0.39, 0.29) is 17.7 Å². The van der Waals surface area contributed by atoms with Crippen LogP contribution in [0.4, 0.5) is 8.78 Å². The van der Waals surface area contributed by atoms with Crippen molar-refractivity contribution in [3.63, 3.8) is 0 Å². The Balaban J connectivity index is 2.33. The largest absolute Gasteiger partial charge is 0.322 e. The number of nitrogens with zero attached hydrogens (tertiary/aromatic N) is 2. The van der Waals surface area contributed by atoms with Gasteiger partial charge in [-0.3, -0.25) is 9.36 Å². The van der Waals surface area contributed by atoms with Gasteiger partial charge in [0.1, 0.15) is 17.5 Å². The highest BCUT2D eigenvalue weighted by atomic mass is 19.1. The summed E-state index contributed by atoms with van der Waals surface area (Å²) in [6, 6.07) is 3.84. The number of benzene rings is 1. The number of nitrogens with two attached hydrogens (primary N) is 1. The fraction of sp³-hybridized carbons (Fsp3) is 0.286. The normalized spacial score (nSPS) is 12.4. The molecule has 1 unspecified atom stereocenters. The third kappa shape index (κ3) is 2.91. The standard InChI is InChI=1S/C14H15F2N3O/c1-8-5-14(20)19(9(2)18-8)7-13(17)11-4-3-10(15)6-12(11)16/h3-6,13H,7,17H2,1-2H3. The maximum absolute atomic E-state index is 13.6. The second-order valence-corrected chi connectivity index (χ2v) is 4.67. The monoisotopic (exact) mass is 279 g/mol. The summed E-state index contributed by atoms with van der Waals surface area (Å²) in [6.07, 6.45) is 0. The summed E-state index contributed by atoms with van der Waals surface area (Å²) in [4.78, 5) is 16.1. The molecular formula is C14H15F2N3O. The lowest BCUT2D eigenvalue weighted by Gasteiger charge is -2.16. The smallest absolute Gasteiger partial charge is 0.253 e. The Labute approximate surface area is 114 Å². The van der Waals surface area contributed by atoms with Gasteiger partial charge < -0.3 is 5.73 Å². The van der Waals surface area contributed by atoms with Crippen LogP contribution in [0.1, 0.15) is 23.1 Å². The molecule has 0 amide bonds. The van der Waals surface area contributed by atoms with Crippen molar-refractivity contribution in [3.05, 3.63) is 63.3 Å². The maximum atomic E-state index is 13.6. The van der Waals surface area contributed by atoms with Crippen LogP contribution in [0.2, 0.25) is 0 Å². The third-order valence-electron chi connectivity index (χ3n) is 3.07. The Morgan fingerprint density at radius 1 is 1.30 bits per heavy atom. The van der Waals surface area contributed by atoms with Crippen molar-refractivity contribution < 1.29 is 8.78 Å². The predicted octanol–water partition coefficient (Wildman–Crippen LogP) is 1.84. The molecule has 0 aliphatic rings. The Bertz CT molecular complexity index is 697. The second kappa shape index (κ2) is 5.50. The van der Waals surface area contributed by atoms with E-state index in [2.05, 4.69) is 4.98 Å². The summed E-state index contributed by atoms with van der Waals surface area (Å²) in [5.74, 6) is -0.875.